The highest BCUT2D eigenvalue weighted by molar-refractivity contribution is 6.33. The van der Waals surface area contributed by atoms with Crippen LogP contribution in [0.2, 0.25) is 10.0 Å². The number of imide groups is 2. The van der Waals surface area contributed by atoms with E-state index in [0.717, 1.165) is 4.90 Å². The molecule has 6 unspecified atom stereocenters. The van der Waals surface area contributed by atoms with E-state index in [-0.39, 0.29) is 35.8 Å². The van der Waals surface area contributed by atoms with Crippen molar-refractivity contribution in [1.29, 1.82) is 0 Å². The average molecular weight is 882 g/mol. The zero-order valence-corrected chi connectivity index (χ0v) is 33.9. The molecular formula is C46H33Cl2F3N4O7. The van der Waals surface area contributed by atoms with Crippen LogP contribution in [0.1, 0.15) is 51.4 Å². The normalized spacial score (nSPS) is 24.4. The van der Waals surface area contributed by atoms with Crippen LogP contribution in [-0.2, 0) is 30.8 Å². The summed E-state index contributed by atoms with van der Waals surface area (Å²) in [5.41, 5.74) is 2.02. The lowest BCUT2D eigenvalue weighted by atomic mass is 9.49. The fourth-order valence-electron chi connectivity index (χ4n) is 9.84. The summed E-state index contributed by atoms with van der Waals surface area (Å²) >= 11 is 12.7. The molecule has 4 aliphatic rings. The van der Waals surface area contributed by atoms with Gasteiger partial charge in [0.25, 0.3) is 11.8 Å². The van der Waals surface area contributed by atoms with Crippen LogP contribution in [0.15, 0.2) is 121 Å². The largest absolute Gasteiger partial charge is 0.508 e. The predicted molar refractivity (Wildman–Crippen MR) is 220 cm³/mol. The van der Waals surface area contributed by atoms with Crippen molar-refractivity contribution >= 4 is 64.1 Å². The predicted octanol–water partition coefficient (Wildman–Crippen LogP) is 8.54. The van der Waals surface area contributed by atoms with Crippen molar-refractivity contribution in [2.24, 2.45) is 23.7 Å². The molecule has 16 heteroatoms. The van der Waals surface area contributed by atoms with E-state index in [1.54, 1.807) is 72.8 Å². The molecule has 11 nitrogen and oxygen atoms in total. The number of hydrogen-bond acceptors (Lipinski definition) is 9. The molecule has 3 heterocycles. The number of methoxy groups -OCH3 is 1. The molecule has 4 amide bonds. The zero-order valence-electron chi connectivity index (χ0n) is 32.4. The summed E-state index contributed by atoms with van der Waals surface area (Å²) < 4.78 is 46.5. The van der Waals surface area contributed by atoms with Gasteiger partial charge in [0.2, 0.25) is 11.8 Å². The van der Waals surface area contributed by atoms with Gasteiger partial charge in [-0.15, -0.1) is 0 Å². The number of ether oxygens (including phenoxy) is 1. The van der Waals surface area contributed by atoms with Crippen molar-refractivity contribution in [2.75, 3.05) is 17.4 Å². The lowest BCUT2D eigenvalue weighted by molar-refractivity contribution is -0.139. The molecule has 1 aromatic heterocycles. The van der Waals surface area contributed by atoms with Crippen molar-refractivity contribution in [3.63, 3.8) is 0 Å². The second kappa shape index (κ2) is 15.1. The SMILES string of the molecule is COc1cc(O)ccc1C1C2=CCC3C(=O)N(c4ccc(C(=O)c5ccccc5)cc4)C(=O)C3C2CC2C(=O)N(Nc3ncc(C(F)(F)F)cc3Cl)C(=O)C21c1ccc(Cl)cc1. The van der Waals surface area contributed by atoms with Crippen LogP contribution in [0.3, 0.4) is 0 Å². The maximum absolute atomic E-state index is 15.5. The summed E-state index contributed by atoms with van der Waals surface area (Å²) in [5, 5.41) is 11.1. The van der Waals surface area contributed by atoms with Gasteiger partial charge in [0.15, 0.2) is 11.6 Å². The number of carbonyl (C=O) groups is 5. The van der Waals surface area contributed by atoms with Crippen molar-refractivity contribution in [3.8, 4) is 11.5 Å². The number of carbonyl (C=O) groups excluding carboxylic acids is 5. The summed E-state index contributed by atoms with van der Waals surface area (Å²) in [6.07, 6.45) is -2.45. The Morgan fingerprint density at radius 2 is 1.56 bits per heavy atom. The maximum Gasteiger partial charge on any atom is 0.417 e. The molecule has 62 heavy (non-hydrogen) atoms. The number of anilines is 2. The van der Waals surface area contributed by atoms with Crippen molar-refractivity contribution in [3.05, 3.63) is 159 Å². The zero-order chi connectivity index (χ0) is 43.8. The van der Waals surface area contributed by atoms with Gasteiger partial charge >= 0.3 is 6.18 Å². The highest BCUT2D eigenvalue weighted by Gasteiger charge is 2.71. The standard InChI is InChI=1S/C46H33Cl2F3N4O7/c1-62-36-20-29(56)15-16-31(36)38-30-17-18-32-37(43(60)54(41(32)58)28-13-7-24(8-14-28)39(57)23-5-3-2-4-6-23)33(30)21-34-42(59)55(44(61)45(34,38)25-9-11-27(47)12-10-25)53-40-35(48)19-26(22-52-40)46(49,50)51/h2-17,19-20,22,32-34,37-38,56H,18,21H2,1H3,(H,52,53). The molecule has 4 aromatic carbocycles. The first-order chi connectivity index (χ1) is 29.6. The number of amides is 4. The molecule has 2 N–H and O–H groups in total. The summed E-state index contributed by atoms with van der Waals surface area (Å²) in [6.45, 7) is 0. The monoisotopic (exact) mass is 880 g/mol. The first kappa shape index (κ1) is 40.9. The Labute approximate surface area is 361 Å². The minimum absolute atomic E-state index is 0.0929. The number of rotatable bonds is 8. The van der Waals surface area contributed by atoms with E-state index in [1.807, 2.05) is 6.08 Å². The second-order valence-corrected chi connectivity index (χ2v) is 16.4. The van der Waals surface area contributed by atoms with E-state index >= 15 is 4.79 Å². The minimum Gasteiger partial charge on any atom is -0.508 e. The van der Waals surface area contributed by atoms with Crippen LogP contribution >= 0.6 is 23.2 Å². The summed E-state index contributed by atoms with van der Waals surface area (Å²) in [7, 11) is 1.37. The van der Waals surface area contributed by atoms with Crippen molar-refractivity contribution < 1.29 is 47.0 Å². The van der Waals surface area contributed by atoms with E-state index in [9.17, 15) is 37.5 Å². The number of ketones is 1. The lowest BCUT2D eigenvalue weighted by Crippen LogP contribution is -2.53. The van der Waals surface area contributed by atoms with Gasteiger partial charge in [-0.25, -0.2) is 4.98 Å². The number of alkyl halides is 3. The van der Waals surface area contributed by atoms with Gasteiger partial charge in [-0.2, -0.15) is 18.2 Å². The fraction of sp³-hybridized carbons (Fsp3) is 0.217. The second-order valence-electron chi connectivity index (χ2n) is 15.6. The van der Waals surface area contributed by atoms with Crippen LogP contribution in [-0.4, -0.2) is 51.6 Å². The quantitative estimate of drug-likeness (QED) is 0.0890. The Bertz CT molecular complexity index is 2730. The van der Waals surface area contributed by atoms with E-state index in [0.29, 0.717) is 50.1 Å². The van der Waals surface area contributed by atoms with E-state index in [4.69, 9.17) is 27.9 Å². The Morgan fingerprint density at radius 1 is 0.871 bits per heavy atom. The molecular weight excluding hydrogens is 848 g/mol. The van der Waals surface area contributed by atoms with Gasteiger partial charge < -0.3 is 9.84 Å². The molecule has 2 aliphatic heterocycles. The first-order valence-electron chi connectivity index (χ1n) is 19.4. The molecule has 2 aliphatic carbocycles. The van der Waals surface area contributed by atoms with Gasteiger partial charge in [0.1, 0.15) is 11.5 Å². The van der Waals surface area contributed by atoms with Crippen LogP contribution < -0.4 is 15.1 Å². The van der Waals surface area contributed by atoms with Crippen molar-refractivity contribution in [1.82, 2.24) is 9.99 Å². The number of fused-ring (bicyclic) bond motifs is 4. The number of hydrazine groups is 1. The number of nitrogens with one attached hydrogen (secondary N) is 1. The minimum atomic E-state index is -4.78. The van der Waals surface area contributed by atoms with Crippen molar-refractivity contribution in [2.45, 2.75) is 30.4 Å². The van der Waals surface area contributed by atoms with E-state index in [2.05, 4.69) is 10.4 Å². The molecule has 0 radical (unpaired) electrons. The molecule has 1 saturated carbocycles. The molecule has 9 rings (SSSR count). The molecule has 5 aromatic rings. The summed E-state index contributed by atoms with van der Waals surface area (Å²) in [5.74, 6) is -8.21. The summed E-state index contributed by atoms with van der Waals surface area (Å²) in [6, 6.07) is 26.1. The van der Waals surface area contributed by atoms with E-state index in [1.165, 1.54) is 31.4 Å². The number of pyridine rings is 1. The number of phenols is 1. The molecule has 6 atom stereocenters. The molecule has 314 valence electrons. The van der Waals surface area contributed by atoms with Crippen LogP contribution in [0.5, 0.6) is 11.5 Å². The maximum atomic E-state index is 15.5. The van der Waals surface area contributed by atoms with Crippen LogP contribution in [0.4, 0.5) is 24.7 Å². The highest BCUT2D eigenvalue weighted by Crippen LogP contribution is 2.65. The fourth-order valence-corrected chi connectivity index (χ4v) is 10.2. The lowest BCUT2D eigenvalue weighted by Gasteiger charge is -2.50. The summed E-state index contributed by atoms with van der Waals surface area (Å²) in [4.78, 5) is 77.6. The van der Waals surface area contributed by atoms with E-state index < -0.39 is 81.2 Å². The van der Waals surface area contributed by atoms with Gasteiger partial charge in [-0.05, 0) is 72.9 Å². The molecule has 0 bridgehead atoms. The number of aromatic nitrogens is 1. The Kier molecular flexibility index (Phi) is 9.98. The number of nitrogens with zero attached hydrogens (tertiary/aromatic N) is 3. The third-order valence-corrected chi connectivity index (χ3v) is 13.0. The van der Waals surface area contributed by atoms with Gasteiger partial charge in [-0.3, -0.25) is 34.3 Å². The number of benzene rings is 4. The number of halogens is 5. The molecule has 3 fully saturated rings. The van der Waals surface area contributed by atoms with Crippen LogP contribution in [0.25, 0.3) is 0 Å². The number of allylic oxidation sites excluding steroid dienone is 2. The third-order valence-electron chi connectivity index (χ3n) is 12.5. The van der Waals surface area contributed by atoms with Gasteiger partial charge in [0, 0.05) is 39.9 Å². The van der Waals surface area contributed by atoms with Gasteiger partial charge in [-0.1, -0.05) is 83.4 Å². The smallest absolute Gasteiger partial charge is 0.417 e. The Hall–Kier alpha value is -6.51. The first-order valence-corrected chi connectivity index (χ1v) is 20.2. The number of hydrogen-bond donors (Lipinski definition) is 2. The van der Waals surface area contributed by atoms with Gasteiger partial charge in [0.05, 0.1) is 46.6 Å². The molecule has 2 saturated heterocycles. The average Bonchev–Trinajstić information content (AvgIpc) is 3.64. The Morgan fingerprint density at radius 3 is 2.23 bits per heavy atom. The number of phenolic OH excluding ortho intramolecular Hbond substituents is 1. The van der Waals surface area contributed by atoms with Crippen LogP contribution in [0, 0.1) is 23.7 Å². The third kappa shape index (κ3) is 6.34. The Balaban J connectivity index is 1.17. The number of aromatic hydroxyl groups is 1. The highest BCUT2D eigenvalue weighted by atomic mass is 35.5. The molecule has 0 spiro atoms. The topological polar surface area (TPSA) is 146 Å².